The number of hydrogen-bond acceptors (Lipinski definition) is 3. The number of benzene rings is 1. The van der Waals surface area contributed by atoms with E-state index in [1.165, 1.54) is 5.56 Å². The number of methoxy groups -OCH3 is 1. The SMILES string of the molecule is COC[C@H](NC(=O)c1n[nH]c2c1CCCC[C@H]2Cc1cccc(Cl)c1)C1C=CC=CC1. The fourth-order valence-electron chi connectivity index (χ4n) is 4.73. The summed E-state index contributed by atoms with van der Waals surface area (Å²) < 4.78 is 5.39. The van der Waals surface area contributed by atoms with Gasteiger partial charge in [0.1, 0.15) is 0 Å². The number of aromatic amines is 1. The van der Waals surface area contributed by atoms with E-state index in [-0.39, 0.29) is 17.9 Å². The van der Waals surface area contributed by atoms with E-state index in [0.29, 0.717) is 18.2 Å². The second kappa shape index (κ2) is 10.3. The van der Waals surface area contributed by atoms with Crippen LogP contribution in [0, 0.1) is 5.92 Å². The van der Waals surface area contributed by atoms with E-state index in [0.717, 1.165) is 54.8 Å². The minimum Gasteiger partial charge on any atom is -0.383 e. The Hall–Kier alpha value is -2.37. The van der Waals surface area contributed by atoms with Gasteiger partial charge in [-0.25, -0.2) is 0 Å². The van der Waals surface area contributed by atoms with E-state index in [2.05, 4.69) is 33.7 Å². The number of nitrogens with one attached hydrogen (secondary N) is 2. The summed E-state index contributed by atoms with van der Waals surface area (Å²) in [5, 5.41) is 11.6. The second-order valence-electron chi connectivity index (χ2n) is 8.49. The predicted molar refractivity (Wildman–Crippen MR) is 124 cm³/mol. The number of carbonyl (C=O) groups excluding carboxylic acids is 1. The standard InChI is InChI=1S/C25H30ClN3O2/c1-31-16-22(18-9-3-2-4-10-18)27-25(30)24-21-13-6-5-11-19(23(21)28-29-24)14-17-8-7-12-20(26)15-17/h2-4,7-9,12,15,18-19,22H,5-6,10-11,13-14,16H2,1H3,(H,27,30)(H,28,29)/t18?,19-,22-/m0/s1. The number of H-pyrrole nitrogens is 1. The molecule has 3 atom stereocenters. The van der Waals surface area contributed by atoms with Crippen molar-refractivity contribution in [2.75, 3.05) is 13.7 Å². The lowest BCUT2D eigenvalue weighted by Crippen LogP contribution is -2.43. The van der Waals surface area contributed by atoms with Crippen LogP contribution in [0.15, 0.2) is 48.6 Å². The number of halogens is 1. The summed E-state index contributed by atoms with van der Waals surface area (Å²) in [5.41, 5.74) is 3.91. The van der Waals surface area contributed by atoms with Crippen molar-refractivity contribution in [3.63, 3.8) is 0 Å². The van der Waals surface area contributed by atoms with Gasteiger partial charge in [-0.1, -0.05) is 54.5 Å². The fraction of sp³-hybridized carbons (Fsp3) is 0.440. The Bertz CT molecular complexity index is 965. The van der Waals surface area contributed by atoms with Crippen LogP contribution in [0.3, 0.4) is 0 Å². The highest BCUT2D eigenvalue weighted by Crippen LogP contribution is 2.34. The van der Waals surface area contributed by atoms with Gasteiger partial charge in [0.15, 0.2) is 5.69 Å². The molecule has 0 saturated carbocycles. The zero-order valence-corrected chi connectivity index (χ0v) is 18.7. The predicted octanol–water partition coefficient (Wildman–Crippen LogP) is 4.99. The maximum atomic E-state index is 13.2. The molecule has 4 rings (SSSR count). The molecule has 6 heteroatoms. The Morgan fingerprint density at radius 2 is 2.26 bits per heavy atom. The molecular weight excluding hydrogens is 410 g/mol. The quantitative estimate of drug-likeness (QED) is 0.597. The minimum absolute atomic E-state index is 0.0842. The van der Waals surface area contributed by atoms with Gasteiger partial charge in [-0.15, -0.1) is 0 Å². The molecule has 1 aromatic carbocycles. The highest BCUT2D eigenvalue weighted by Gasteiger charge is 2.29. The Morgan fingerprint density at radius 1 is 1.35 bits per heavy atom. The third kappa shape index (κ3) is 5.28. The molecule has 0 spiro atoms. The molecule has 164 valence electrons. The van der Waals surface area contributed by atoms with Crippen LogP contribution in [-0.2, 0) is 17.6 Å². The number of allylic oxidation sites excluding steroid dienone is 3. The summed E-state index contributed by atoms with van der Waals surface area (Å²) in [5.74, 6) is 0.416. The molecule has 0 bridgehead atoms. The zero-order valence-electron chi connectivity index (χ0n) is 17.9. The topological polar surface area (TPSA) is 67.0 Å². The van der Waals surface area contributed by atoms with E-state index in [9.17, 15) is 4.79 Å². The summed E-state index contributed by atoms with van der Waals surface area (Å²) in [6, 6.07) is 7.94. The van der Waals surface area contributed by atoms with Crippen molar-refractivity contribution in [2.24, 2.45) is 5.92 Å². The molecule has 2 N–H and O–H groups in total. The number of ether oxygens (including phenoxy) is 1. The average molecular weight is 440 g/mol. The molecule has 2 aliphatic carbocycles. The second-order valence-corrected chi connectivity index (χ2v) is 8.93. The molecule has 0 fully saturated rings. The van der Waals surface area contributed by atoms with Crippen LogP contribution < -0.4 is 5.32 Å². The van der Waals surface area contributed by atoms with Crippen LogP contribution in [0.25, 0.3) is 0 Å². The van der Waals surface area contributed by atoms with Gasteiger partial charge in [-0.05, 0) is 49.8 Å². The first kappa shape index (κ1) is 21.8. The molecule has 1 unspecified atom stereocenters. The molecule has 0 aliphatic heterocycles. The number of carbonyl (C=O) groups is 1. The molecule has 31 heavy (non-hydrogen) atoms. The Morgan fingerprint density at radius 3 is 3.03 bits per heavy atom. The molecule has 0 saturated heterocycles. The molecule has 1 aromatic heterocycles. The molecule has 2 aromatic rings. The largest absolute Gasteiger partial charge is 0.383 e. The molecule has 5 nitrogen and oxygen atoms in total. The van der Waals surface area contributed by atoms with E-state index in [4.69, 9.17) is 16.3 Å². The number of rotatable bonds is 7. The Kier molecular flexibility index (Phi) is 7.25. The van der Waals surface area contributed by atoms with E-state index in [1.54, 1.807) is 7.11 Å². The first-order valence-electron chi connectivity index (χ1n) is 11.1. The van der Waals surface area contributed by atoms with Crippen molar-refractivity contribution >= 4 is 17.5 Å². The van der Waals surface area contributed by atoms with Gasteiger partial charge in [0, 0.05) is 35.2 Å². The van der Waals surface area contributed by atoms with Gasteiger partial charge in [0.25, 0.3) is 5.91 Å². The maximum Gasteiger partial charge on any atom is 0.272 e. The van der Waals surface area contributed by atoms with E-state index >= 15 is 0 Å². The summed E-state index contributed by atoms with van der Waals surface area (Å²) in [6.07, 6.45) is 14.3. The van der Waals surface area contributed by atoms with Crippen LogP contribution >= 0.6 is 11.6 Å². The number of hydrogen-bond donors (Lipinski definition) is 2. The summed E-state index contributed by atoms with van der Waals surface area (Å²) >= 11 is 6.19. The van der Waals surface area contributed by atoms with Crippen molar-refractivity contribution in [3.05, 3.63) is 76.1 Å². The lowest BCUT2D eigenvalue weighted by molar-refractivity contribution is 0.0865. The third-order valence-electron chi connectivity index (χ3n) is 6.32. The summed E-state index contributed by atoms with van der Waals surface area (Å²) in [6.45, 7) is 0.471. The molecular formula is C25H30ClN3O2. The van der Waals surface area contributed by atoms with Crippen molar-refractivity contribution in [3.8, 4) is 0 Å². The maximum absolute atomic E-state index is 13.2. The van der Waals surface area contributed by atoms with Gasteiger partial charge in [-0.3, -0.25) is 9.89 Å². The van der Waals surface area contributed by atoms with Crippen LogP contribution in [0.2, 0.25) is 5.02 Å². The van der Waals surface area contributed by atoms with Crippen molar-refractivity contribution < 1.29 is 9.53 Å². The minimum atomic E-state index is -0.120. The third-order valence-corrected chi connectivity index (χ3v) is 6.55. The van der Waals surface area contributed by atoms with Crippen molar-refractivity contribution in [2.45, 2.75) is 50.5 Å². The molecule has 2 aliphatic rings. The summed E-state index contributed by atoms with van der Waals surface area (Å²) in [4.78, 5) is 13.2. The van der Waals surface area contributed by atoms with Crippen molar-refractivity contribution in [1.29, 1.82) is 0 Å². The lowest BCUT2D eigenvalue weighted by atomic mass is 9.91. The highest BCUT2D eigenvalue weighted by atomic mass is 35.5. The average Bonchev–Trinajstić information content (AvgIpc) is 3.10. The van der Waals surface area contributed by atoms with Crippen molar-refractivity contribution in [1.82, 2.24) is 15.5 Å². The smallest absolute Gasteiger partial charge is 0.272 e. The van der Waals surface area contributed by atoms with Crippen LogP contribution in [0.5, 0.6) is 0 Å². The number of aromatic nitrogens is 2. The highest BCUT2D eigenvalue weighted by molar-refractivity contribution is 6.30. The van der Waals surface area contributed by atoms with E-state index in [1.807, 2.05) is 30.4 Å². The molecule has 0 radical (unpaired) electrons. The van der Waals surface area contributed by atoms with Crippen LogP contribution in [0.1, 0.15) is 58.9 Å². The normalized spacial score (nSPS) is 21.4. The molecule has 1 heterocycles. The van der Waals surface area contributed by atoms with Gasteiger partial charge in [0.05, 0.1) is 12.6 Å². The van der Waals surface area contributed by atoms with Crippen LogP contribution in [0.4, 0.5) is 0 Å². The fourth-order valence-corrected chi connectivity index (χ4v) is 4.95. The zero-order chi connectivity index (χ0) is 21.6. The van der Waals surface area contributed by atoms with Gasteiger partial charge >= 0.3 is 0 Å². The van der Waals surface area contributed by atoms with Gasteiger partial charge in [0.2, 0.25) is 0 Å². The Balaban J connectivity index is 1.53. The Labute approximate surface area is 188 Å². The molecule has 1 amide bonds. The first-order valence-corrected chi connectivity index (χ1v) is 11.5. The van der Waals surface area contributed by atoms with Gasteiger partial charge < -0.3 is 10.1 Å². The first-order chi connectivity index (χ1) is 15.2. The van der Waals surface area contributed by atoms with E-state index < -0.39 is 0 Å². The number of fused-ring (bicyclic) bond motifs is 1. The number of nitrogens with zero attached hydrogens (tertiary/aromatic N) is 1. The lowest BCUT2D eigenvalue weighted by Gasteiger charge is -2.25. The monoisotopic (exact) mass is 439 g/mol. The van der Waals surface area contributed by atoms with Gasteiger partial charge in [-0.2, -0.15) is 5.10 Å². The number of amides is 1. The summed E-state index contributed by atoms with van der Waals surface area (Å²) in [7, 11) is 1.67. The van der Waals surface area contributed by atoms with Crippen LogP contribution in [-0.4, -0.2) is 35.9 Å².